The normalized spacial score (nSPS) is 22.7. The largest absolute Gasteiger partial charge is 0.372 e. The molecule has 8 heteroatoms. The zero-order chi connectivity index (χ0) is 15.5. The fourth-order valence-corrected chi connectivity index (χ4v) is 4.19. The van der Waals surface area contributed by atoms with Crippen molar-refractivity contribution in [3.63, 3.8) is 0 Å². The molecule has 0 radical (unpaired) electrons. The number of piperidine rings is 1. The Morgan fingerprint density at radius 1 is 1.36 bits per heavy atom. The lowest BCUT2D eigenvalue weighted by Crippen LogP contribution is -2.59. The molecule has 0 saturated carbocycles. The maximum absolute atomic E-state index is 12.5. The highest BCUT2D eigenvalue weighted by Gasteiger charge is 2.41. The lowest BCUT2D eigenvalue weighted by atomic mass is 9.91. The summed E-state index contributed by atoms with van der Waals surface area (Å²) in [7, 11) is -3.51. The van der Waals surface area contributed by atoms with Gasteiger partial charge in [0.2, 0.25) is 0 Å². The van der Waals surface area contributed by atoms with Gasteiger partial charge in [-0.05, 0) is 38.1 Å². The van der Waals surface area contributed by atoms with Crippen molar-refractivity contribution in [3.05, 3.63) is 30.1 Å². The monoisotopic (exact) mass is 326 g/mol. The summed E-state index contributed by atoms with van der Waals surface area (Å²) in [5.74, 6) is 0. The van der Waals surface area contributed by atoms with E-state index in [9.17, 15) is 8.42 Å². The molecule has 0 bridgehead atoms. The zero-order valence-electron chi connectivity index (χ0n) is 12.5. The van der Waals surface area contributed by atoms with Crippen LogP contribution < -0.4 is 10.0 Å². The van der Waals surface area contributed by atoms with Gasteiger partial charge in [0.15, 0.2) is 0 Å². The van der Waals surface area contributed by atoms with Gasteiger partial charge in [-0.2, -0.15) is 17.4 Å². The molecule has 22 heavy (non-hydrogen) atoms. The van der Waals surface area contributed by atoms with Crippen LogP contribution in [-0.4, -0.2) is 56.1 Å². The van der Waals surface area contributed by atoms with Crippen molar-refractivity contribution < 1.29 is 13.2 Å². The van der Waals surface area contributed by atoms with Crippen LogP contribution in [0.1, 0.15) is 18.5 Å². The van der Waals surface area contributed by atoms with Crippen LogP contribution >= 0.6 is 0 Å². The molecule has 0 aliphatic carbocycles. The number of nitrogens with one attached hydrogen (secondary N) is 2. The second-order valence-corrected chi connectivity index (χ2v) is 7.52. The van der Waals surface area contributed by atoms with Crippen molar-refractivity contribution in [3.8, 4) is 0 Å². The molecule has 2 aliphatic rings. The Labute approximate surface area is 131 Å². The first-order valence-electron chi connectivity index (χ1n) is 7.59. The van der Waals surface area contributed by atoms with Crippen molar-refractivity contribution in [2.45, 2.75) is 25.0 Å². The lowest BCUT2D eigenvalue weighted by molar-refractivity contribution is -0.105. The van der Waals surface area contributed by atoms with E-state index in [1.807, 2.05) is 6.07 Å². The van der Waals surface area contributed by atoms with E-state index >= 15 is 0 Å². The topological polar surface area (TPSA) is 83.6 Å². The van der Waals surface area contributed by atoms with Gasteiger partial charge < -0.3 is 10.1 Å². The Balaban J connectivity index is 1.64. The summed E-state index contributed by atoms with van der Waals surface area (Å²) in [5, 5.41) is 3.28. The molecule has 1 spiro atoms. The van der Waals surface area contributed by atoms with Crippen molar-refractivity contribution in [2.75, 3.05) is 32.8 Å². The minimum Gasteiger partial charge on any atom is -0.372 e. The van der Waals surface area contributed by atoms with Crippen LogP contribution in [0, 0.1) is 0 Å². The molecule has 2 N–H and O–H groups in total. The first-order chi connectivity index (χ1) is 10.6. The van der Waals surface area contributed by atoms with Gasteiger partial charge >= 0.3 is 0 Å². The van der Waals surface area contributed by atoms with E-state index in [1.54, 1.807) is 18.3 Å². The molecule has 0 unspecified atom stereocenters. The van der Waals surface area contributed by atoms with Gasteiger partial charge in [-0.3, -0.25) is 4.98 Å². The summed E-state index contributed by atoms with van der Waals surface area (Å²) in [6.45, 7) is 3.21. The van der Waals surface area contributed by atoms with Gasteiger partial charge in [0.1, 0.15) is 0 Å². The van der Waals surface area contributed by atoms with Crippen LogP contribution in [0.2, 0.25) is 0 Å². The molecule has 122 valence electrons. The first kappa shape index (κ1) is 15.8. The van der Waals surface area contributed by atoms with Crippen molar-refractivity contribution in [2.24, 2.45) is 0 Å². The van der Waals surface area contributed by atoms with E-state index in [0.717, 1.165) is 25.9 Å². The molecule has 0 amide bonds. The summed E-state index contributed by atoms with van der Waals surface area (Å²) in [4.78, 5) is 4.13. The Hall–Kier alpha value is -1.06. The average molecular weight is 326 g/mol. The third kappa shape index (κ3) is 3.64. The van der Waals surface area contributed by atoms with Crippen LogP contribution in [0.5, 0.6) is 0 Å². The quantitative estimate of drug-likeness (QED) is 0.805. The molecule has 7 nitrogen and oxygen atoms in total. The van der Waals surface area contributed by atoms with E-state index in [0.29, 0.717) is 25.4 Å². The number of morpholine rings is 1. The highest BCUT2D eigenvalue weighted by Crippen LogP contribution is 2.28. The van der Waals surface area contributed by atoms with Gasteiger partial charge in [-0.25, -0.2) is 0 Å². The minimum absolute atomic E-state index is 0.203. The van der Waals surface area contributed by atoms with Crippen LogP contribution in [0.15, 0.2) is 24.4 Å². The van der Waals surface area contributed by atoms with Gasteiger partial charge in [-0.15, -0.1) is 0 Å². The molecule has 2 saturated heterocycles. The third-order valence-corrected chi connectivity index (χ3v) is 5.73. The van der Waals surface area contributed by atoms with Crippen LogP contribution in [0.3, 0.4) is 0 Å². The SMILES string of the molecule is O=S(=O)(NCc1ccccn1)N1CCOC2(CCNCC2)C1. The summed E-state index contributed by atoms with van der Waals surface area (Å²) in [6.07, 6.45) is 3.35. The summed E-state index contributed by atoms with van der Waals surface area (Å²) in [5.41, 5.74) is 0.374. The van der Waals surface area contributed by atoms with Gasteiger partial charge in [-0.1, -0.05) is 6.07 Å². The number of hydrogen-bond donors (Lipinski definition) is 2. The summed E-state index contributed by atoms with van der Waals surface area (Å²) < 4.78 is 35.0. The lowest BCUT2D eigenvalue weighted by Gasteiger charge is -2.44. The zero-order valence-corrected chi connectivity index (χ0v) is 13.3. The van der Waals surface area contributed by atoms with E-state index in [4.69, 9.17) is 4.74 Å². The number of rotatable bonds is 4. The van der Waals surface area contributed by atoms with Crippen LogP contribution in [0.4, 0.5) is 0 Å². The number of nitrogens with zero attached hydrogens (tertiary/aromatic N) is 2. The van der Waals surface area contributed by atoms with Gasteiger partial charge in [0.05, 0.1) is 24.4 Å². The predicted molar refractivity (Wildman–Crippen MR) is 82.4 cm³/mol. The smallest absolute Gasteiger partial charge is 0.279 e. The van der Waals surface area contributed by atoms with Crippen molar-refractivity contribution in [1.82, 2.24) is 19.3 Å². The average Bonchev–Trinajstić information content (AvgIpc) is 2.55. The molecule has 2 fully saturated rings. The molecule has 0 aromatic carbocycles. The second kappa shape index (κ2) is 6.59. The van der Waals surface area contributed by atoms with E-state index in [2.05, 4.69) is 15.0 Å². The highest BCUT2D eigenvalue weighted by atomic mass is 32.2. The molecule has 1 aromatic heterocycles. The molecule has 3 heterocycles. The maximum Gasteiger partial charge on any atom is 0.279 e. The van der Waals surface area contributed by atoms with Crippen molar-refractivity contribution in [1.29, 1.82) is 0 Å². The Morgan fingerprint density at radius 2 is 2.18 bits per heavy atom. The Morgan fingerprint density at radius 3 is 2.91 bits per heavy atom. The second-order valence-electron chi connectivity index (χ2n) is 5.76. The molecular weight excluding hydrogens is 304 g/mol. The van der Waals surface area contributed by atoms with Gasteiger partial charge in [0.25, 0.3) is 10.2 Å². The third-order valence-electron chi connectivity index (χ3n) is 4.23. The summed E-state index contributed by atoms with van der Waals surface area (Å²) >= 11 is 0. The van der Waals surface area contributed by atoms with Crippen molar-refractivity contribution >= 4 is 10.2 Å². The van der Waals surface area contributed by atoms with E-state index < -0.39 is 10.2 Å². The maximum atomic E-state index is 12.5. The molecule has 2 aliphatic heterocycles. The minimum atomic E-state index is -3.51. The first-order valence-corrected chi connectivity index (χ1v) is 9.03. The fraction of sp³-hybridized carbons (Fsp3) is 0.643. The van der Waals surface area contributed by atoms with Crippen LogP contribution in [-0.2, 0) is 21.5 Å². The number of ether oxygens (including phenoxy) is 1. The predicted octanol–water partition coefficient (Wildman–Crippen LogP) is -0.130. The van der Waals surface area contributed by atoms with Crippen LogP contribution in [0.25, 0.3) is 0 Å². The Bertz CT molecular complexity index is 582. The summed E-state index contributed by atoms with van der Waals surface area (Å²) in [6, 6.07) is 5.45. The molecule has 3 rings (SSSR count). The molecule has 0 atom stereocenters. The number of hydrogen-bond acceptors (Lipinski definition) is 5. The number of pyridine rings is 1. The standard InChI is InChI=1S/C14H22N4O3S/c19-22(20,17-11-13-3-1-2-6-16-13)18-9-10-21-14(12-18)4-7-15-8-5-14/h1-3,6,15,17H,4-5,7-12H2. The fourth-order valence-electron chi connectivity index (χ4n) is 2.96. The highest BCUT2D eigenvalue weighted by molar-refractivity contribution is 7.87. The molecular formula is C14H22N4O3S. The Kier molecular flexibility index (Phi) is 4.74. The van der Waals surface area contributed by atoms with Gasteiger partial charge in [0, 0.05) is 19.3 Å². The van der Waals surface area contributed by atoms with E-state index in [1.165, 1.54) is 4.31 Å². The molecule has 1 aromatic rings. The van der Waals surface area contributed by atoms with E-state index in [-0.39, 0.29) is 12.1 Å². The number of aromatic nitrogens is 1.